The number of anilines is 1. The smallest absolute Gasteiger partial charge is 0.0891 e. The summed E-state index contributed by atoms with van der Waals surface area (Å²) in [5, 5.41) is 15.6. The summed E-state index contributed by atoms with van der Waals surface area (Å²) in [5.41, 5.74) is 9.13. The lowest BCUT2D eigenvalue weighted by Crippen LogP contribution is -2.26. The first kappa shape index (κ1) is 18.1. The fourth-order valence-electron chi connectivity index (χ4n) is 4.47. The molecular weight excluding hydrogens is 332 g/mol. The van der Waals surface area contributed by atoms with Gasteiger partial charge in [-0.25, -0.2) is 0 Å². The Morgan fingerprint density at radius 1 is 1.00 bits per heavy atom. The Hall–Kier alpha value is -2.26. The molecule has 0 saturated carbocycles. The molecule has 3 aromatic rings. The Morgan fingerprint density at radius 3 is 2.56 bits per heavy atom. The van der Waals surface area contributed by atoms with E-state index in [2.05, 4.69) is 67.1 Å². The standard InChI is InChI=1S/C24H30N2O/c1-16-8-10-22(18(3)12-16)25-14-19(27)15-26-23-7-5-4-6-20(23)21-13-17(2)9-11-24(21)26/h8-13,19,25,27H,4-7,14-15H2,1-3H3/t19-/m1/s1. The number of benzene rings is 2. The highest BCUT2D eigenvalue weighted by Crippen LogP contribution is 2.33. The molecule has 1 aliphatic carbocycles. The van der Waals surface area contributed by atoms with E-state index in [1.54, 1.807) is 0 Å². The molecule has 0 bridgehead atoms. The molecule has 27 heavy (non-hydrogen) atoms. The molecule has 2 N–H and O–H groups in total. The minimum absolute atomic E-state index is 0.423. The number of nitrogens with one attached hydrogen (secondary N) is 1. The number of aliphatic hydroxyl groups is 1. The second kappa shape index (κ2) is 7.40. The van der Waals surface area contributed by atoms with Crippen molar-refractivity contribution in [3.63, 3.8) is 0 Å². The molecule has 0 unspecified atom stereocenters. The van der Waals surface area contributed by atoms with Gasteiger partial charge < -0.3 is 15.0 Å². The van der Waals surface area contributed by atoms with Crippen LogP contribution < -0.4 is 5.32 Å². The second-order valence-corrected chi connectivity index (χ2v) is 8.12. The van der Waals surface area contributed by atoms with Crippen molar-refractivity contribution in [2.24, 2.45) is 0 Å². The minimum atomic E-state index is -0.423. The molecule has 0 aliphatic heterocycles. The van der Waals surface area contributed by atoms with Gasteiger partial charge in [0, 0.05) is 28.8 Å². The molecule has 1 heterocycles. The van der Waals surface area contributed by atoms with Crippen LogP contribution in [0.25, 0.3) is 10.9 Å². The number of aromatic nitrogens is 1. The normalized spacial score (nSPS) is 15.0. The van der Waals surface area contributed by atoms with Gasteiger partial charge in [0.05, 0.1) is 12.6 Å². The van der Waals surface area contributed by atoms with E-state index in [9.17, 15) is 5.11 Å². The van der Waals surface area contributed by atoms with Crippen molar-refractivity contribution in [1.82, 2.24) is 4.57 Å². The molecule has 3 nitrogen and oxygen atoms in total. The first-order chi connectivity index (χ1) is 13.0. The largest absolute Gasteiger partial charge is 0.389 e. The molecule has 0 radical (unpaired) electrons. The van der Waals surface area contributed by atoms with Crippen LogP contribution in [0.3, 0.4) is 0 Å². The number of hydrogen-bond donors (Lipinski definition) is 2. The van der Waals surface area contributed by atoms with Gasteiger partial charge in [0.25, 0.3) is 0 Å². The van der Waals surface area contributed by atoms with Gasteiger partial charge in [0.2, 0.25) is 0 Å². The number of rotatable bonds is 5. The summed E-state index contributed by atoms with van der Waals surface area (Å²) >= 11 is 0. The zero-order valence-corrected chi connectivity index (χ0v) is 16.7. The highest BCUT2D eigenvalue weighted by atomic mass is 16.3. The lowest BCUT2D eigenvalue weighted by molar-refractivity contribution is 0.167. The summed E-state index contributed by atoms with van der Waals surface area (Å²) in [6, 6.07) is 13.1. The number of fused-ring (bicyclic) bond motifs is 3. The molecule has 1 atom stereocenters. The van der Waals surface area contributed by atoms with Crippen LogP contribution in [0.1, 0.15) is 40.8 Å². The SMILES string of the molecule is Cc1ccc(NC[C@@H](O)Cn2c3c(c4cc(C)ccc42)CCCC3)c(C)c1. The van der Waals surface area contributed by atoms with Crippen LogP contribution in [0.15, 0.2) is 36.4 Å². The average Bonchev–Trinajstić information content (AvgIpc) is 2.94. The Balaban J connectivity index is 1.56. The molecule has 0 amide bonds. The highest BCUT2D eigenvalue weighted by molar-refractivity contribution is 5.86. The lowest BCUT2D eigenvalue weighted by atomic mass is 9.95. The minimum Gasteiger partial charge on any atom is -0.389 e. The number of nitrogens with zero attached hydrogens (tertiary/aromatic N) is 1. The van der Waals surface area contributed by atoms with Crippen molar-refractivity contribution in [3.05, 3.63) is 64.3 Å². The maximum Gasteiger partial charge on any atom is 0.0891 e. The monoisotopic (exact) mass is 362 g/mol. The molecule has 4 rings (SSSR count). The molecule has 2 aromatic carbocycles. The van der Waals surface area contributed by atoms with Crippen LogP contribution in [0.5, 0.6) is 0 Å². The zero-order chi connectivity index (χ0) is 19.0. The Morgan fingerprint density at radius 2 is 1.74 bits per heavy atom. The second-order valence-electron chi connectivity index (χ2n) is 8.12. The van der Waals surface area contributed by atoms with Crippen molar-refractivity contribution in [2.75, 3.05) is 11.9 Å². The zero-order valence-electron chi connectivity index (χ0n) is 16.7. The van der Waals surface area contributed by atoms with E-state index in [-0.39, 0.29) is 0 Å². The molecule has 0 spiro atoms. The maximum absolute atomic E-state index is 10.8. The predicted molar refractivity (Wildman–Crippen MR) is 114 cm³/mol. The fraction of sp³-hybridized carbons (Fsp3) is 0.417. The lowest BCUT2D eigenvalue weighted by Gasteiger charge is -2.20. The van der Waals surface area contributed by atoms with Crippen LogP contribution in [0.2, 0.25) is 0 Å². The third kappa shape index (κ3) is 3.61. The van der Waals surface area contributed by atoms with Crippen LogP contribution in [0, 0.1) is 20.8 Å². The fourth-order valence-corrected chi connectivity index (χ4v) is 4.47. The molecule has 142 valence electrons. The Bertz CT molecular complexity index is 970. The van der Waals surface area contributed by atoms with E-state index in [0.717, 1.165) is 12.1 Å². The molecule has 0 saturated heterocycles. The van der Waals surface area contributed by atoms with Crippen molar-refractivity contribution in [1.29, 1.82) is 0 Å². The third-order valence-corrected chi connectivity index (χ3v) is 5.84. The van der Waals surface area contributed by atoms with E-state index >= 15 is 0 Å². The van der Waals surface area contributed by atoms with E-state index in [1.165, 1.54) is 58.1 Å². The van der Waals surface area contributed by atoms with E-state index in [0.29, 0.717) is 13.1 Å². The molecule has 1 aromatic heterocycles. The maximum atomic E-state index is 10.8. The van der Waals surface area contributed by atoms with Crippen molar-refractivity contribution in [2.45, 2.75) is 59.1 Å². The summed E-state index contributed by atoms with van der Waals surface area (Å²) in [5.74, 6) is 0. The molecule has 1 aliphatic rings. The van der Waals surface area contributed by atoms with E-state index in [4.69, 9.17) is 0 Å². The number of hydrogen-bond acceptors (Lipinski definition) is 2. The van der Waals surface area contributed by atoms with Gasteiger partial charge in [-0.3, -0.25) is 0 Å². The quantitative estimate of drug-likeness (QED) is 0.676. The summed E-state index contributed by atoms with van der Waals surface area (Å²) < 4.78 is 2.37. The molecular formula is C24H30N2O. The van der Waals surface area contributed by atoms with Crippen molar-refractivity contribution < 1.29 is 5.11 Å². The predicted octanol–water partition coefficient (Wildman–Crippen LogP) is 4.92. The van der Waals surface area contributed by atoms with Gasteiger partial charge in [0.15, 0.2) is 0 Å². The van der Waals surface area contributed by atoms with Crippen LogP contribution in [-0.4, -0.2) is 22.3 Å². The van der Waals surface area contributed by atoms with Gasteiger partial charge in [0.1, 0.15) is 0 Å². The highest BCUT2D eigenvalue weighted by Gasteiger charge is 2.21. The van der Waals surface area contributed by atoms with Gasteiger partial charge in [-0.2, -0.15) is 0 Å². The number of aryl methyl sites for hydroxylation is 4. The van der Waals surface area contributed by atoms with Gasteiger partial charge in [-0.1, -0.05) is 29.3 Å². The molecule has 0 fully saturated rings. The Kier molecular flexibility index (Phi) is 4.96. The van der Waals surface area contributed by atoms with Crippen molar-refractivity contribution >= 4 is 16.6 Å². The topological polar surface area (TPSA) is 37.2 Å². The summed E-state index contributed by atoms with van der Waals surface area (Å²) in [4.78, 5) is 0. The average molecular weight is 363 g/mol. The van der Waals surface area contributed by atoms with Gasteiger partial charge >= 0.3 is 0 Å². The van der Waals surface area contributed by atoms with Crippen molar-refractivity contribution in [3.8, 4) is 0 Å². The first-order valence-corrected chi connectivity index (χ1v) is 10.1. The Labute approximate surface area is 162 Å². The summed E-state index contributed by atoms with van der Waals surface area (Å²) in [7, 11) is 0. The summed E-state index contributed by atoms with van der Waals surface area (Å²) in [6.45, 7) is 7.58. The van der Waals surface area contributed by atoms with Crippen LogP contribution in [0.4, 0.5) is 5.69 Å². The third-order valence-electron chi connectivity index (χ3n) is 5.84. The van der Waals surface area contributed by atoms with Gasteiger partial charge in [-0.15, -0.1) is 0 Å². The van der Waals surface area contributed by atoms with Gasteiger partial charge in [-0.05, 0) is 75.8 Å². The van der Waals surface area contributed by atoms with E-state index in [1.807, 2.05) is 0 Å². The summed E-state index contributed by atoms with van der Waals surface area (Å²) in [6.07, 6.45) is 4.39. The first-order valence-electron chi connectivity index (χ1n) is 10.1. The molecule has 3 heteroatoms. The van der Waals surface area contributed by atoms with Crippen LogP contribution >= 0.6 is 0 Å². The van der Waals surface area contributed by atoms with E-state index < -0.39 is 6.10 Å². The number of aliphatic hydroxyl groups excluding tert-OH is 1. The van der Waals surface area contributed by atoms with Crippen LogP contribution in [-0.2, 0) is 19.4 Å².